The molecule has 8 heteroatoms. The first-order valence-corrected chi connectivity index (χ1v) is 7.32. The Morgan fingerprint density at radius 3 is 2.09 bits per heavy atom. The molecule has 22 heavy (non-hydrogen) atoms. The fraction of sp³-hybridized carbons (Fsp3) is 0.714. The van der Waals surface area contributed by atoms with E-state index in [4.69, 9.17) is 14.9 Å². The molecule has 0 aromatic carbocycles. The predicted molar refractivity (Wildman–Crippen MR) is 81.0 cm³/mol. The van der Waals surface area contributed by atoms with E-state index in [1.54, 1.807) is 0 Å². The van der Waals surface area contributed by atoms with Gasteiger partial charge in [-0.1, -0.05) is 0 Å². The van der Waals surface area contributed by atoms with Crippen LogP contribution in [-0.4, -0.2) is 63.8 Å². The van der Waals surface area contributed by atoms with Crippen LogP contribution in [0.4, 0.5) is 0 Å². The lowest BCUT2D eigenvalue weighted by molar-refractivity contribution is -0.124. The van der Waals surface area contributed by atoms with Crippen molar-refractivity contribution in [3.63, 3.8) is 0 Å². The van der Waals surface area contributed by atoms with Gasteiger partial charge in [0.05, 0.1) is 32.8 Å². The summed E-state index contributed by atoms with van der Waals surface area (Å²) >= 11 is 0. The van der Waals surface area contributed by atoms with E-state index in [1.165, 1.54) is 6.21 Å². The van der Waals surface area contributed by atoms with Gasteiger partial charge < -0.3 is 30.3 Å². The van der Waals surface area contributed by atoms with Crippen LogP contribution in [0.25, 0.3) is 0 Å². The Morgan fingerprint density at radius 1 is 0.955 bits per heavy atom. The maximum absolute atomic E-state index is 11.3. The number of rotatable bonds is 15. The van der Waals surface area contributed by atoms with Gasteiger partial charge in [0.15, 0.2) is 0 Å². The highest BCUT2D eigenvalue weighted by atomic mass is 16.5. The molecule has 0 bridgehead atoms. The SMILES string of the molecule is N=CCCCC(=O)NCCOCCOCCNC(=O)CC=O. The zero-order chi connectivity index (χ0) is 16.5. The number of unbranched alkanes of at least 4 members (excludes halogenated alkanes) is 1. The van der Waals surface area contributed by atoms with Crippen LogP contribution in [0.1, 0.15) is 25.7 Å². The summed E-state index contributed by atoms with van der Waals surface area (Å²) in [4.78, 5) is 32.3. The molecule has 0 radical (unpaired) electrons. The van der Waals surface area contributed by atoms with E-state index in [2.05, 4.69) is 10.6 Å². The summed E-state index contributed by atoms with van der Waals surface area (Å²) < 4.78 is 10.5. The lowest BCUT2D eigenvalue weighted by Crippen LogP contribution is -2.28. The number of hydrogen-bond acceptors (Lipinski definition) is 6. The molecule has 0 fully saturated rings. The van der Waals surface area contributed by atoms with Crippen molar-refractivity contribution < 1.29 is 23.9 Å². The van der Waals surface area contributed by atoms with Gasteiger partial charge in [0, 0.05) is 19.5 Å². The van der Waals surface area contributed by atoms with Gasteiger partial charge in [-0.3, -0.25) is 9.59 Å². The Balaban J connectivity index is 3.20. The van der Waals surface area contributed by atoms with E-state index in [0.29, 0.717) is 65.1 Å². The average Bonchev–Trinajstić information content (AvgIpc) is 2.49. The third-order valence-electron chi connectivity index (χ3n) is 2.53. The fourth-order valence-corrected chi connectivity index (χ4v) is 1.45. The van der Waals surface area contributed by atoms with Crippen LogP contribution >= 0.6 is 0 Å². The molecule has 8 nitrogen and oxygen atoms in total. The standard InChI is InChI=1S/C14H25N3O5/c15-5-2-1-3-13(19)16-6-9-21-11-12-22-10-7-17-14(20)4-8-18/h5,8,15H,1-4,6-7,9-12H2,(H,16,19)(H,17,20). The van der Waals surface area contributed by atoms with Crippen LogP contribution in [0.3, 0.4) is 0 Å². The van der Waals surface area contributed by atoms with Crippen molar-refractivity contribution in [3.05, 3.63) is 0 Å². The van der Waals surface area contributed by atoms with Gasteiger partial charge in [-0.2, -0.15) is 0 Å². The second kappa shape index (κ2) is 15.6. The molecule has 0 atom stereocenters. The summed E-state index contributed by atoms with van der Waals surface area (Å²) in [5, 5.41) is 12.1. The highest BCUT2D eigenvalue weighted by Crippen LogP contribution is 1.91. The summed E-state index contributed by atoms with van der Waals surface area (Å²) in [6, 6.07) is 0. The number of carbonyl (C=O) groups is 3. The smallest absolute Gasteiger partial charge is 0.227 e. The number of carbonyl (C=O) groups excluding carboxylic acids is 3. The van der Waals surface area contributed by atoms with Crippen molar-refractivity contribution in [2.75, 3.05) is 39.5 Å². The molecule has 0 heterocycles. The lowest BCUT2D eigenvalue weighted by Gasteiger charge is -2.07. The topological polar surface area (TPSA) is 118 Å². The molecule has 0 aliphatic carbocycles. The fourth-order valence-electron chi connectivity index (χ4n) is 1.45. The number of ether oxygens (including phenoxy) is 2. The summed E-state index contributed by atoms with van der Waals surface area (Å²) in [6.45, 7) is 2.39. The van der Waals surface area contributed by atoms with Crippen molar-refractivity contribution in [1.29, 1.82) is 5.41 Å². The molecular weight excluding hydrogens is 290 g/mol. The molecule has 0 aromatic heterocycles. The maximum atomic E-state index is 11.3. The zero-order valence-corrected chi connectivity index (χ0v) is 12.8. The van der Waals surface area contributed by atoms with Crippen LogP contribution in [0.5, 0.6) is 0 Å². The largest absolute Gasteiger partial charge is 0.377 e. The van der Waals surface area contributed by atoms with Crippen molar-refractivity contribution in [2.24, 2.45) is 0 Å². The van der Waals surface area contributed by atoms with Gasteiger partial charge >= 0.3 is 0 Å². The van der Waals surface area contributed by atoms with Crippen LogP contribution in [0.2, 0.25) is 0 Å². The van der Waals surface area contributed by atoms with Gasteiger partial charge in [0.1, 0.15) is 6.29 Å². The summed E-state index contributed by atoms with van der Waals surface area (Å²) in [5.41, 5.74) is 0. The Bertz CT molecular complexity index is 336. The minimum atomic E-state index is -0.314. The molecule has 0 unspecified atom stereocenters. The normalized spacial score (nSPS) is 10.0. The quantitative estimate of drug-likeness (QED) is 0.165. The van der Waals surface area contributed by atoms with Crippen molar-refractivity contribution in [2.45, 2.75) is 25.7 Å². The van der Waals surface area contributed by atoms with E-state index in [-0.39, 0.29) is 18.2 Å². The monoisotopic (exact) mass is 315 g/mol. The van der Waals surface area contributed by atoms with Gasteiger partial charge in [0.2, 0.25) is 11.8 Å². The molecular formula is C14H25N3O5. The third-order valence-corrected chi connectivity index (χ3v) is 2.53. The molecule has 0 saturated carbocycles. The minimum absolute atomic E-state index is 0.0345. The van der Waals surface area contributed by atoms with Gasteiger partial charge in [-0.05, 0) is 19.1 Å². The summed E-state index contributed by atoms with van der Waals surface area (Å²) in [5.74, 6) is -0.348. The predicted octanol–water partition coefficient (Wildman–Crippen LogP) is -0.339. The molecule has 2 amide bonds. The minimum Gasteiger partial charge on any atom is -0.377 e. The van der Waals surface area contributed by atoms with Crippen LogP contribution < -0.4 is 10.6 Å². The molecule has 0 rings (SSSR count). The molecule has 0 saturated heterocycles. The van der Waals surface area contributed by atoms with Crippen molar-refractivity contribution in [3.8, 4) is 0 Å². The molecule has 3 N–H and O–H groups in total. The van der Waals surface area contributed by atoms with Gasteiger partial charge in [0.25, 0.3) is 0 Å². The Hall–Kier alpha value is -1.80. The van der Waals surface area contributed by atoms with E-state index in [9.17, 15) is 14.4 Å². The molecule has 0 aromatic rings. The zero-order valence-electron chi connectivity index (χ0n) is 12.8. The Kier molecular flexibility index (Phi) is 14.3. The molecule has 0 aliphatic heterocycles. The average molecular weight is 315 g/mol. The maximum Gasteiger partial charge on any atom is 0.227 e. The van der Waals surface area contributed by atoms with Gasteiger partial charge in [-0.25, -0.2) is 0 Å². The van der Waals surface area contributed by atoms with E-state index in [0.717, 1.165) is 0 Å². The highest BCUT2D eigenvalue weighted by Gasteiger charge is 2.00. The molecule has 126 valence electrons. The highest BCUT2D eigenvalue weighted by molar-refractivity contribution is 5.87. The van der Waals surface area contributed by atoms with E-state index >= 15 is 0 Å². The first-order chi connectivity index (χ1) is 10.7. The van der Waals surface area contributed by atoms with Crippen LogP contribution in [0.15, 0.2) is 0 Å². The first-order valence-electron chi connectivity index (χ1n) is 7.32. The lowest BCUT2D eigenvalue weighted by atomic mass is 10.2. The summed E-state index contributed by atoms with van der Waals surface area (Å²) in [7, 11) is 0. The Morgan fingerprint density at radius 2 is 1.55 bits per heavy atom. The van der Waals surface area contributed by atoms with Crippen LogP contribution in [-0.2, 0) is 23.9 Å². The van der Waals surface area contributed by atoms with E-state index < -0.39 is 0 Å². The van der Waals surface area contributed by atoms with Crippen LogP contribution in [0, 0.1) is 5.41 Å². The number of aldehydes is 1. The molecule has 0 spiro atoms. The van der Waals surface area contributed by atoms with Gasteiger partial charge in [-0.15, -0.1) is 0 Å². The second-order valence-corrected chi connectivity index (χ2v) is 4.39. The number of hydrogen-bond donors (Lipinski definition) is 3. The first kappa shape index (κ1) is 20.2. The van der Waals surface area contributed by atoms with Crippen molar-refractivity contribution >= 4 is 24.3 Å². The molecule has 0 aliphatic rings. The van der Waals surface area contributed by atoms with Crippen molar-refractivity contribution in [1.82, 2.24) is 10.6 Å². The third kappa shape index (κ3) is 14.6. The Labute approximate surface area is 130 Å². The summed E-state index contributed by atoms with van der Waals surface area (Å²) in [6.07, 6.45) is 3.45. The van der Waals surface area contributed by atoms with E-state index in [1.807, 2.05) is 0 Å². The number of nitrogens with one attached hydrogen (secondary N) is 3. The number of amides is 2. The second-order valence-electron chi connectivity index (χ2n) is 4.39.